The SMILES string of the molecule is COCCC1(CNC(=O)c2cc3ccccc3[nH]2)CC1. The van der Waals surface area contributed by atoms with E-state index in [1.165, 1.54) is 12.8 Å². The summed E-state index contributed by atoms with van der Waals surface area (Å²) in [7, 11) is 1.72. The van der Waals surface area contributed by atoms with Crippen molar-refractivity contribution in [2.24, 2.45) is 5.41 Å². The van der Waals surface area contributed by atoms with Crippen molar-refractivity contribution >= 4 is 16.8 Å². The van der Waals surface area contributed by atoms with Gasteiger partial charge in [-0.05, 0) is 36.8 Å². The molecule has 1 saturated carbocycles. The number of amides is 1. The highest BCUT2D eigenvalue weighted by Crippen LogP contribution is 2.48. The molecule has 2 aromatic rings. The summed E-state index contributed by atoms with van der Waals surface area (Å²) >= 11 is 0. The normalized spacial score (nSPS) is 16.2. The van der Waals surface area contributed by atoms with Gasteiger partial charge in [0.05, 0.1) is 0 Å². The highest BCUT2D eigenvalue weighted by atomic mass is 16.5. The Morgan fingerprint density at radius 3 is 2.90 bits per heavy atom. The van der Waals surface area contributed by atoms with Crippen molar-refractivity contribution in [1.82, 2.24) is 10.3 Å². The number of nitrogens with one attached hydrogen (secondary N) is 2. The van der Waals surface area contributed by atoms with Crippen LogP contribution in [0.25, 0.3) is 10.9 Å². The highest BCUT2D eigenvalue weighted by Gasteiger charge is 2.42. The second-order valence-electron chi connectivity index (χ2n) is 5.70. The lowest BCUT2D eigenvalue weighted by atomic mass is 10.0. The number of methoxy groups -OCH3 is 1. The van der Waals surface area contributed by atoms with E-state index < -0.39 is 0 Å². The molecule has 106 valence electrons. The van der Waals surface area contributed by atoms with Crippen LogP contribution in [0.4, 0.5) is 0 Å². The van der Waals surface area contributed by atoms with Crippen LogP contribution in [0.15, 0.2) is 30.3 Å². The molecule has 0 radical (unpaired) electrons. The Kier molecular flexibility index (Phi) is 3.49. The number of carbonyl (C=O) groups excluding carboxylic acids is 1. The van der Waals surface area contributed by atoms with Crippen molar-refractivity contribution in [3.05, 3.63) is 36.0 Å². The van der Waals surface area contributed by atoms with E-state index in [1.54, 1.807) is 7.11 Å². The van der Waals surface area contributed by atoms with Crippen molar-refractivity contribution in [2.75, 3.05) is 20.3 Å². The zero-order valence-corrected chi connectivity index (χ0v) is 11.7. The third kappa shape index (κ3) is 2.70. The highest BCUT2D eigenvalue weighted by molar-refractivity contribution is 5.97. The molecule has 0 atom stereocenters. The standard InChI is InChI=1S/C16H20N2O2/c1-20-9-8-16(6-7-16)11-17-15(19)14-10-12-4-2-3-5-13(12)18-14/h2-5,10,18H,6-9,11H2,1H3,(H,17,19). The van der Waals surface area contributed by atoms with Gasteiger partial charge in [-0.2, -0.15) is 0 Å². The van der Waals surface area contributed by atoms with Gasteiger partial charge >= 0.3 is 0 Å². The molecule has 0 unspecified atom stereocenters. The molecule has 0 saturated heterocycles. The van der Waals surface area contributed by atoms with Crippen LogP contribution in [0.3, 0.4) is 0 Å². The monoisotopic (exact) mass is 272 g/mol. The lowest BCUT2D eigenvalue weighted by Crippen LogP contribution is -2.31. The number of rotatable bonds is 6. The predicted octanol–water partition coefficient (Wildman–Crippen LogP) is 2.71. The lowest BCUT2D eigenvalue weighted by molar-refractivity contribution is 0.0934. The van der Waals surface area contributed by atoms with E-state index in [9.17, 15) is 4.79 Å². The fraction of sp³-hybridized carbons (Fsp3) is 0.438. The van der Waals surface area contributed by atoms with Gasteiger partial charge in [-0.15, -0.1) is 0 Å². The van der Waals surface area contributed by atoms with Gasteiger partial charge in [-0.3, -0.25) is 4.79 Å². The largest absolute Gasteiger partial charge is 0.385 e. The molecule has 0 bridgehead atoms. The van der Waals surface area contributed by atoms with Crippen LogP contribution in [-0.2, 0) is 4.74 Å². The summed E-state index contributed by atoms with van der Waals surface area (Å²) in [6, 6.07) is 9.82. The molecule has 0 aliphatic heterocycles. The molecule has 1 heterocycles. The smallest absolute Gasteiger partial charge is 0.267 e. The first kappa shape index (κ1) is 13.2. The molecule has 2 N–H and O–H groups in total. The molecule has 3 rings (SSSR count). The van der Waals surface area contributed by atoms with Gasteiger partial charge in [0, 0.05) is 31.2 Å². The lowest BCUT2D eigenvalue weighted by Gasteiger charge is -2.14. The van der Waals surface area contributed by atoms with E-state index in [2.05, 4.69) is 10.3 Å². The third-order valence-corrected chi connectivity index (χ3v) is 4.19. The molecule has 1 aliphatic carbocycles. The zero-order chi connectivity index (χ0) is 14.0. The van der Waals surface area contributed by atoms with Gasteiger partial charge in [0.2, 0.25) is 0 Å². The van der Waals surface area contributed by atoms with Crippen molar-refractivity contribution in [3.63, 3.8) is 0 Å². The minimum atomic E-state index is -0.0232. The number of carbonyl (C=O) groups is 1. The number of benzene rings is 1. The van der Waals surface area contributed by atoms with Crippen LogP contribution >= 0.6 is 0 Å². The molecule has 1 fully saturated rings. The minimum absolute atomic E-state index is 0.0232. The molecule has 1 amide bonds. The molecule has 0 spiro atoms. The van der Waals surface area contributed by atoms with Crippen molar-refractivity contribution in [3.8, 4) is 0 Å². The molecule has 4 nitrogen and oxygen atoms in total. The fourth-order valence-corrected chi connectivity index (χ4v) is 2.57. The number of hydrogen-bond acceptors (Lipinski definition) is 2. The Morgan fingerprint density at radius 1 is 1.40 bits per heavy atom. The quantitative estimate of drug-likeness (QED) is 0.849. The number of para-hydroxylation sites is 1. The molecule has 1 aromatic heterocycles. The van der Waals surface area contributed by atoms with E-state index >= 15 is 0 Å². The van der Waals surface area contributed by atoms with Crippen molar-refractivity contribution < 1.29 is 9.53 Å². The van der Waals surface area contributed by atoms with E-state index in [0.717, 1.165) is 30.5 Å². The first-order valence-corrected chi connectivity index (χ1v) is 7.07. The topological polar surface area (TPSA) is 54.1 Å². The maximum Gasteiger partial charge on any atom is 0.267 e. The Bertz CT molecular complexity index is 581. The van der Waals surface area contributed by atoms with E-state index in [4.69, 9.17) is 4.74 Å². The summed E-state index contributed by atoms with van der Waals surface area (Å²) in [4.78, 5) is 15.3. The average Bonchev–Trinajstić information content (AvgIpc) is 3.11. The van der Waals surface area contributed by atoms with E-state index in [1.807, 2.05) is 30.3 Å². The first-order valence-electron chi connectivity index (χ1n) is 7.07. The van der Waals surface area contributed by atoms with Gasteiger partial charge in [-0.1, -0.05) is 18.2 Å². The van der Waals surface area contributed by atoms with Crippen LogP contribution in [0.5, 0.6) is 0 Å². The molecule has 20 heavy (non-hydrogen) atoms. The number of ether oxygens (including phenoxy) is 1. The summed E-state index contributed by atoms with van der Waals surface area (Å²) in [5.74, 6) is -0.0232. The minimum Gasteiger partial charge on any atom is -0.385 e. The number of fused-ring (bicyclic) bond motifs is 1. The second kappa shape index (κ2) is 5.29. The molecule has 4 heteroatoms. The van der Waals surface area contributed by atoms with Gasteiger partial charge < -0.3 is 15.0 Å². The van der Waals surface area contributed by atoms with Crippen molar-refractivity contribution in [2.45, 2.75) is 19.3 Å². The average molecular weight is 272 g/mol. The Balaban J connectivity index is 1.62. The van der Waals surface area contributed by atoms with Gasteiger partial charge in [0.25, 0.3) is 5.91 Å². The van der Waals surface area contributed by atoms with E-state index in [0.29, 0.717) is 5.69 Å². The maximum absolute atomic E-state index is 12.2. The predicted molar refractivity (Wildman–Crippen MR) is 78.8 cm³/mol. The van der Waals surface area contributed by atoms with E-state index in [-0.39, 0.29) is 11.3 Å². The van der Waals surface area contributed by atoms with Crippen LogP contribution in [0.2, 0.25) is 0 Å². The fourth-order valence-electron chi connectivity index (χ4n) is 2.57. The zero-order valence-electron chi connectivity index (χ0n) is 11.7. The third-order valence-electron chi connectivity index (χ3n) is 4.19. The van der Waals surface area contributed by atoms with Crippen LogP contribution in [-0.4, -0.2) is 31.2 Å². The van der Waals surface area contributed by atoms with Crippen LogP contribution in [0.1, 0.15) is 29.8 Å². The summed E-state index contributed by atoms with van der Waals surface area (Å²) < 4.78 is 5.13. The summed E-state index contributed by atoms with van der Waals surface area (Å²) in [5.41, 5.74) is 1.91. The van der Waals surface area contributed by atoms with Gasteiger partial charge in [0.1, 0.15) is 5.69 Å². The summed E-state index contributed by atoms with van der Waals surface area (Å²) in [6.45, 7) is 1.51. The second-order valence-corrected chi connectivity index (χ2v) is 5.70. The molecule has 1 aliphatic rings. The molecular weight excluding hydrogens is 252 g/mol. The Labute approximate surface area is 118 Å². The summed E-state index contributed by atoms with van der Waals surface area (Å²) in [6.07, 6.45) is 3.39. The number of aromatic amines is 1. The van der Waals surface area contributed by atoms with Crippen LogP contribution in [0, 0.1) is 5.41 Å². The molecule has 1 aromatic carbocycles. The van der Waals surface area contributed by atoms with Crippen molar-refractivity contribution in [1.29, 1.82) is 0 Å². The number of H-pyrrole nitrogens is 1. The molecular formula is C16H20N2O2. The summed E-state index contributed by atoms with van der Waals surface area (Å²) in [5, 5.41) is 4.11. The number of hydrogen-bond donors (Lipinski definition) is 2. The first-order chi connectivity index (χ1) is 9.72. The van der Waals surface area contributed by atoms with Gasteiger partial charge in [-0.25, -0.2) is 0 Å². The van der Waals surface area contributed by atoms with Gasteiger partial charge in [0.15, 0.2) is 0 Å². The van der Waals surface area contributed by atoms with Crippen LogP contribution < -0.4 is 5.32 Å². The Hall–Kier alpha value is -1.81. The maximum atomic E-state index is 12.2. The Morgan fingerprint density at radius 2 is 2.20 bits per heavy atom. The number of aromatic nitrogens is 1.